The zero-order valence-corrected chi connectivity index (χ0v) is 19.0. The molecule has 5 nitrogen and oxygen atoms in total. The molecule has 0 saturated carbocycles. The number of nitrogens with zero attached hydrogens (tertiary/aromatic N) is 2. The Morgan fingerprint density at radius 1 is 1.13 bits per heavy atom. The molecule has 1 aromatic carbocycles. The van der Waals surface area contributed by atoms with Crippen molar-refractivity contribution in [2.24, 2.45) is 0 Å². The molecule has 30 heavy (non-hydrogen) atoms. The lowest BCUT2D eigenvalue weighted by Crippen LogP contribution is -2.57. The average Bonchev–Trinajstić information content (AvgIpc) is 3.27. The predicted molar refractivity (Wildman–Crippen MR) is 122 cm³/mol. The third-order valence-electron chi connectivity index (χ3n) is 5.76. The summed E-state index contributed by atoms with van der Waals surface area (Å²) in [4.78, 5) is 32.3. The molecule has 1 atom stereocenters. The Labute approximate surface area is 186 Å². The van der Waals surface area contributed by atoms with Gasteiger partial charge in [-0.25, -0.2) is 4.79 Å². The van der Waals surface area contributed by atoms with Crippen molar-refractivity contribution in [3.8, 4) is 0 Å². The van der Waals surface area contributed by atoms with Gasteiger partial charge in [-0.3, -0.25) is 4.79 Å². The molecule has 2 aliphatic rings. The number of carbonyl (C=O) groups excluding carboxylic acids is 2. The van der Waals surface area contributed by atoms with Crippen molar-refractivity contribution in [1.29, 1.82) is 0 Å². The summed E-state index contributed by atoms with van der Waals surface area (Å²) in [6.45, 7) is 5.61. The van der Waals surface area contributed by atoms with Crippen molar-refractivity contribution in [3.63, 3.8) is 0 Å². The molecule has 3 heterocycles. The highest BCUT2D eigenvalue weighted by molar-refractivity contribution is 8.02. The summed E-state index contributed by atoms with van der Waals surface area (Å²) in [5, 5.41) is 3.99. The second kappa shape index (κ2) is 9.54. The van der Waals surface area contributed by atoms with Crippen molar-refractivity contribution in [2.75, 3.05) is 37.7 Å². The van der Waals surface area contributed by atoms with Gasteiger partial charge in [-0.15, -0.1) is 0 Å². The number of thioether (sulfide) groups is 1. The van der Waals surface area contributed by atoms with Gasteiger partial charge in [-0.2, -0.15) is 11.3 Å². The van der Waals surface area contributed by atoms with Crippen molar-refractivity contribution in [2.45, 2.75) is 42.2 Å². The number of esters is 1. The van der Waals surface area contributed by atoms with Gasteiger partial charge in [0.25, 0.3) is 5.91 Å². The first kappa shape index (κ1) is 21.4. The van der Waals surface area contributed by atoms with Crippen LogP contribution in [0.25, 0.3) is 0 Å². The van der Waals surface area contributed by atoms with Crippen LogP contribution in [-0.2, 0) is 20.7 Å². The highest BCUT2D eigenvalue weighted by Gasteiger charge is 2.54. The number of rotatable bonds is 7. The Morgan fingerprint density at radius 2 is 1.93 bits per heavy atom. The van der Waals surface area contributed by atoms with Gasteiger partial charge in [0.1, 0.15) is 0 Å². The SMILES string of the molecule is CCOC(=O)C1(Cc2ccsc2)Sc2ccccc2N(CCN2CCCCC2)C1=O. The monoisotopic (exact) mass is 444 g/mol. The van der Waals surface area contributed by atoms with Crippen LogP contribution in [0.1, 0.15) is 31.7 Å². The molecule has 7 heteroatoms. The lowest BCUT2D eigenvalue weighted by Gasteiger charge is -2.41. The molecular formula is C23H28N2O3S2. The molecule has 1 fully saturated rings. The average molecular weight is 445 g/mol. The van der Waals surface area contributed by atoms with Crippen LogP contribution in [-0.4, -0.2) is 54.3 Å². The Balaban J connectivity index is 1.68. The Morgan fingerprint density at radius 3 is 2.67 bits per heavy atom. The number of anilines is 1. The van der Waals surface area contributed by atoms with Gasteiger partial charge in [0, 0.05) is 24.4 Å². The largest absolute Gasteiger partial charge is 0.465 e. The summed E-state index contributed by atoms with van der Waals surface area (Å²) in [6.07, 6.45) is 4.05. The molecule has 2 aliphatic heterocycles. The van der Waals surface area contributed by atoms with Gasteiger partial charge in [0.05, 0.1) is 12.3 Å². The lowest BCUT2D eigenvalue weighted by atomic mass is 9.97. The first-order valence-electron chi connectivity index (χ1n) is 10.6. The lowest BCUT2D eigenvalue weighted by molar-refractivity contribution is -0.149. The number of hydrogen-bond acceptors (Lipinski definition) is 6. The summed E-state index contributed by atoms with van der Waals surface area (Å²) in [5.74, 6) is -0.600. The van der Waals surface area contributed by atoms with Crippen molar-refractivity contribution in [3.05, 3.63) is 46.7 Å². The molecule has 0 bridgehead atoms. The van der Waals surface area contributed by atoms with Crippen molar-refractivity contribution >= 4 is 40.7 Å². The van der Waals surface area contributed by atoms with Gasteiger partial charge in [0.2, 0.25) is 4.75 Å². The summed E-state index contributed by atoms with van der Waals surface area (Å²) in [6, 6.07) is 9.89. The van der Waals surface area contributed by atoms with Crippen LogP contribution in [0.5, 0.6) is 0 Å². The van der Waals surface area contributed by atoms with E-state index >= 15 is 0 Å². The quantitative estimate of drug-likeness (QED) is 0.473. The second-order valence-electron chi connectivity index (χ2n) is 7.78. The van der Waals surface area contributed by atoms with Gasteiger partial charge in [0.15, 0.2) is 0 Å². The van der Waals surface area contributed by atoms with E-state index in [1.165, 1.54) is 31.0 Å². The number of piperidine rings is 1. The van der Waals surface area contributed by atoms with Gasteiger partial charge in [-0.1, -0.05) is 30.3 Å². The first-order chi connectivity index (χ1) is 14.6. The summed E-state index contributed by atoms with van der Waals surface area (Å²) in [7, 11) is 0. The molecular weight excluding hydrogens is 416 g/mol. The minimum Gasteiger partial charge on any atom is -0.465 e. The number of hydrogen-bond donors (Lipinski definition) is 0. The normalized spacial score (nSPS) is 22.0. The number of benzene rings is 1. The highest BCUT2D eigenvalue weighted by atomic mass is 32.2. The van der Waals surface area contributed by atoms with E-state index in [9.17, 15) is 9.59 Å². The molecule has 1 aromatic heterocycles. The van der Waals surface area contributed by atoms with Crippen molar-refractivity contribution < 1.29 is 14.3 Å². The van der Waals surface area contributed by atoms with E-state index in [2.05, 4.69) is 4.90 Å². The van der Waals surface area contributed by atoms with Crippen LogP contribution >= 0.6 is 23.1 Å². The molecule has 1 saturated heterocycles. The van der Waals surface area contributed by atoms with Crippen LogP contribution in [0, 0.1) is 0 Å². The second-order valence-corrected chi connectivity index (χ2v) is 9.91. The van der Waals surface area contributed by atoms with E-state index in [0.29, 0.717) is 13.0 Å². The zero-order valence-electron chi connectivity index (χ0n) is 17.3. The molecule has 0 aliphatic carbocycles. The molecule has 4 rings (SSSR count). The van der Waals surface area contributed by atoms with Crippen LogP contribution in [0.3, 0.4) is 0 Å². The van der Waals surface area contributed by atoms with Gasteiger partial charge in [-0.05, 0) is 67.4 Å². The zero-order chi connectivity index (χ0) is 21.0. The van der Waals surface area contributed by atoms with E-state index in [1.54, 1.807) is 18.3 Å². The van der Waals surface area contributed by atoms with Crippen LogP contribution < -0.4 is 4.90 Å². The smallest absolute Gasteiger partial charge is 0.332 e. The molecule has 0 radical (unpaired) electrons. The number of thiophene rings is 1. The third-order valence-corrected chi connectivity index (χ3v) is 7.89. The topological polar surface area (TPSA) is 49.9 Å². The van der Waals surface area contributed by atoms with Crippen LogP contribution in [0.2, 0.25) is 0 Å². The maximum Gasteiger partial charge on any atom is 0.332 e. The number of ether oxygens (including phenoxy) is 1. The van der Waals surface area contributed by atoms with Gasteiger partial charge >= 0.3 is 5.97 Å². The molecule has 2 aromatic rings. The number of amides is 1. The van der Waals surface area contributed by atoms with Crippen LogP contribution in [0.4, 0.5) is 5.69 Å². The third kappa shape index (κ3) is 4.29. The van der Waals surface area contributed by atoms with E-state index in [0.717, 1.165) is 35.8 Å². The highest BCUT2D eigenvalue weighted by Crippen LogP contribution is 2.47. The Kier molecular flexibility index (Phi) is 6.80. The molecule has 1 unspecified atom stereocenters. The standard InChI is InChI=1S/C23H28N2O3S2/c1-2-28-22(27)23(16-18-10-15-29-17-18)21(26)25(14-13-24-11-6-3-7-12-24)19-8-4-5-9-20(19)30-23/h4-5,8-10,15,17H,2-3,6-7,11-14,16H2,1H3. The molecule has 160 valence electrons. The van der Waals surface area contributed by atoms with Gasteiger partial charge < -0.3 is 14.5 Å². The first-order valence-corrected chi connectivity index (χ1v) is 12.4. The van der Waals surface area contributed by atoms with Crippen LogP contribution in [0.15, 0.2) is 46.0 Å². The van der Waals surface area contributed by atoms with E-state index in [4.69, 9.17) is 4.74 Å². The number of para-hydroxylation sites is 1. The molecule has 0 spiro atoms. The molecule has 1 amide bonds. The van der Waals surface area contributed by atoms with E-state index < -0.39 is 10.7 Å². The number of likely N-dealkylation sites (tertiary alicyclic amines) is 1. The Bertz CT molecular complexity index is 880. The fourth-order valence-corrected chi connectivity index (χ4v) is 6.26. The number of fused-ring (bicyclic) bond motifs is 1. The molecule has 0 N–H and O–H groups in total. The Hall–Kier alpha value is -1.83. The fourth-order valence-electron chi connectivity index (χ4n) is 4.21. The van der Waals surface area contributed by atoms with E-state index in [1.807, 2.05) is 46.0 Å². The summed E-state index contributed by atoms with van der Waals surface area (Å²) < 4.78 is 4.16. The maximum atomic E-state index is 13.9. The minimum atomic E-state index is -1.28. The van der Waals surface area contributed by atoms with Crippen molar-refractivity contribution in [1.82, 2.24) is 4.90 Å². The summed E-state index contributed by atoms with van der Waals surface area (Å²) in [5.41, 5.74) is 1.89. The minimum absolute atomic E-state index is 0.159. The summed E-state index contributed by atoms with van der Waals surface area (Å²) >= 11 is 2.92. The number of carbonyl (C=O) groups is 2. The maximum absolute atomic E-state index is 13.9. The van der Waals surface area contributed by atoms with E-state index in [-0.39, 0.29) is 12.5 Å². The fraction of sp³-hybridized carbons (Fsp3) is 0.478. The predicted octanol–water partition coefficient (Wildman–Crippen LogP) is 4.22.